The van der Waals surface area contributed by atoms with Gasteiger partial charge in [-0.05, 0) is 102 Å². The summed E-state index contributed by atoms with van der Waals surface area (Å²) in [6.07, 6.45) is 3.12. The molecule has 0 heterocycles. The Bertz CT molecular complexity index is 1100. The second-order valence-corrected chi connectivity index (χ2v) is 8.55. The minimum Gasteiger partial charge on any atom is -0.481 e. The summed E-state index contributed by atoms with van der Waals surface area (Å²) in [7, 11) is 0. The van der Waals surface area contributed by atoms with Crippen LogP contribution in [0.15, 0.2) is 30.3 Å². The van der Waals surface area contributed by atoms with E-state index < -0.39 is 29.1 Å². The molecule has 0 spiro atoms. The van der Waals surface area contributed by atoms with Gasteiger partial charge in [0.1, 0.15) is 17.2 Å². The highest BCUT2D eigenvalue weighted by atomic mass is 35.5. The first kappa shape index (κ1) is 23.4. The summed E-state index contributed by atoms with van der Waals surface area (Å²) < 4.78 is 26.7. The molecular weight excluding hydrogens is 449 g/mol. The molecule has 2 aliphatic carbocycles. The van der Waals surface area contributed by atoms with Gasteiger partial charge in [0, 0.05) is 11.1 Å². The Balaban J connectivity index is 0.000000176. The van der Waals surface area contributed by atoms with E-state index in [1.165, 1.54) is 30.3 Å². The van der Waals surface area contributed by atoms with Crippen LogP contribution in [0.5, 0.6) is 0 Å². The SMILES string of the molecule is Cc1cc(F)cc2c1CCC2=CC(=O)Cl.O=C(O)CC1(O)CCc2c(F)cc(Cl)cc21. The number of hydrogen-bond donors (Lipinski definition) is 2. The van der Waals surface area contributed by atoms with E-state index in [4.69, 9.17) is 28.3 Å². The Labute approximate surface area is 188 Å². The number of fused-ring (bicyclic) bond motifs is 2. The highest BCUT2D eigenvalue weighted by molar-refractivity contribution is 6.67. The van der Waals surface area contributed by atoms with Gasteiger partial charge in [0.25, 0.3) is 0 Å². The highest BCUT2D eigenvalue weighted by Crippen LogP contribution is 2.41. The number of benzene rings is 2. The van der Waals surface area contributed by atoms with Crippen molar-refractivity contribution in [3.05, 3.63) is 74.8 Å². The number of aliphatic carboxylic acids is 1. The normalized spacial score (nSPS) is 20.1. The van der Waals surface area contributed by atoms with Gasteiger partial charge in [-0.1, -0.05) is 11.6 Å². The number of hydrogen-bond acceptors (Lipinski definition) is 3. The van der Waals surface area contributed by atoms with Crippen LogP contribution in [0.3, 0.4) is 0 Å². The van der Waals surface area contributed by atoms with Crippen LogP contribution in [-0.2, 0) is 28.0 Å². The van der Waals surface area contributed by atoms with E-state index in [-0.39, 0.29) is 17.3 Å². The van der Waals surface area contributed by atoms with E-state index in [9.17, 15) is 23.5 Å². The summed E-state index contributed by atoms with van der Waals surface area (Å²) in [5, 5.41) is 18.5. The van der Waals surface area contributed by atoms with Crippen LogP contribution in [0, 0.1) is 18.6 Å². The third-order valence-corrected chi connectivity index (χ3v) is 5.94. The predicted molar refractivity (Wildman–Crippen MR) is 114 cm³/mol. The lowest BCUT2D eigenvalue weighted by atomic mass is 9.92. The zero-order valence-corrected chi connectivity index (χ0v) is 18.2. The standard InChI is InChI=1S/C12H10ClFO.C11H10ClFO3/c1-7-4-9(14)6-11-8(5-12(13)15)2-3-10(7)11;12-6-3-8-7(9(13)4-6)1-2-11(8,16)5-10(14)15/h4-6H,2-3H2,1H3;3-4,16H,1-2,5H2,(H,14,15). The van der Waals surface area contributed by atoms with E-state index in [2.05, 4.69) is 0 Å². The molecule has 1 atom stereocenters. The molecule has 2 N–H and O–H groups in total. The second-order valence-electron chi connectivity index (χ2n) is 7.74. The molecule has 0 aromatic heterocycles. The van der Waals surface area contributed by atoms with Crippen molar-refractivity contribution in [2.45, 2.75) is 44.6 Å². The molecule has 164 valence electrons. The average molecular weight is 469 g/mol. The van der Waals surface area contributed by atoms with Crippen LogP contribution in [-0.4, -0.2) is 21.4 Å². The summed E-state index contributed by atoms with van der Waals surface area (Å²) in [6, 6.07) is 5.61. The van der Waals surface area contributed by atoms with Crippen LogP contribution in [0.4, 0.5) is 8.78 Å². The molecule has 0 fully saturated rings. The predicted octanol–water partition coefficient (Wildman–Crippen LogP) is 5.32. The quantitative estimate of drug-likeness (QED) is 0.472. The third kappa shape index (κ3) is 5.14. The Hall–Kier alpha value is -2.28. The first-order valence-electron chi connectivity index (χ1n) is 9.62. The monoisotopic (exact) mass is 468 g/mol. The van der Waals surface area contributed by atoms with E-state index >= 15 is 0 Å². The molecule has 31 heavy (non-hydrogen) atoms. The molecule has 0 aliphatic heterocycles. The number of rotatable bonds is 3. The Morgan fingerprint density at radius 1 is 1.13 bits per heavy atom. The minimum absolute atomic E-state index is 0.168. The van der Waals surface area contributed by atoms with E-state index in [1.807, 2.05) is 6.92 Å². The smallest absolute Gasteiger partial charge is 0.306 e. The lowest BCUT2D eigenvalue weighted by Gasteiger charge is -2.21. The van der Waals surface area contributed by atoms with Gasteiger partial charge in [-0.15, -0.1) is 0 Å². The molecule has 0 saturated carbocycles. The summed E-state index contributed by atoms with van der Waals surface area (Å²) in [4.78, 5) is 21.4. The van der Waals surface area contributed by atoms with Crippen molar-refractivity contribution in [1.29, 1.82) is 0 Å². The number of carbonyl (C=O) groups is 2. The Morgan fingerprint density at radius 3 is 2.48 bits per heavy atom. The van der Waals surface area contributed by atoms with Crippen LogP contribution >= 0.6 is 23.2 Å². The summed E-state index contributed by atoms with van der Waals surface area (Å²) in [5.74, 6) is -1.86. The van der Waals surface area contributed by atoms with E-state index in [0.29, 0.717) is 17.5 Å². The van der Waals surface area contributed by atoms with Crippen LogP contribution < -0.4 is 0 Å². The molecule has 1 unspecified atom stereocenters. The van der Waals surface area contributed by atoms with Crippen molar-refractivity contribution in [2.75, 3.05) is 0 Å². The fourth-order valence-corrected chi connectivity index (χ4v) is 4.58. The molecule has 2 aliphatic rings. The van der Waals surface area contributed by atoms with Crippen molar-refractivity contribution in [2.24, 2.45) is 0 Å². The summed E-state index contributed by atoms with van der Waals surface area (Å²) in [6.45, 7) is 1.88. The van der Waals surface area contributed by atoms with Crippen molar-refractivity contribution in [1.82, 2.24) is 0 Å². The number of carboxylic acid groups (broad SMARTS) is 1. The van der Waals surface area contributed by atoms with Gasteiger partial charge in [-0.2, -0.15) is 0 Å². The van der Waals surface area contributed by atoms with Crippen molar-refractivity contribution in [3.63, 3.8) is 0 Å². The van der Waals surface area contributed by atoms with Gasteiger partial charge in [0.2, 0.25) is 5.24 Å². The zero-order valence-electron chi connectivity index (χ0n) is 16.6. The van der Waals surface area contributed by atoms with E-state index in [0.717, 1.165) is 35.1 Å². The van der Waals surface area contributed by atoms with Gasteiger partial charge in [0.05, 0.1) is 6.42 Å². The maximum Gasteiger partial charge on any atom is 0.306 e. The maximum atomic E-state index is 13.5. The Kier molecular flexibility index (Phi) is 6.84. The molecule has 0 saturated heterocycles. The molecular formula is C23H20Cl2F2O4. The Morgan fingerprint density at radius 2 is 1.84 bits per heavy atom. The number of carbonyl (C=O) groups excluding carboxylic acids is 1. The topological polar surface area (TPSA) is 74.6 Å². The molecule has 2 aromatic carbocycles. The summed E-state index contributed by atoms with van der Waals surface area (Å²) in [5.41, 5.74) is 2.92. The largest absolute Gasteiger partial charge is 0.481 e. The third-order valence-electron chi connectivity index (χ3n) is 5.61. The van der Waals surface area contributed by atoms with Gasteiger partial charge in [-0.25, -0.2) is 8.78 Å². The number of halogens is 4. The van der Waals surface area contributed by atoms with Crippen LogP contribution in [0.25, 0.3) is 5.57 Å². The second kappa shape index (κ2) is 9.07. The number of aliphatic hydroxyl groups is 1. The van der Waals surface area contributed by atoms with Crippen molar-refractivity contribution >= 4 is 40.0 Å². The van der Waals surface area contributed by atoms with Crippen LogP contribution in [0.2, 0.25) is 5.02 Å². The maximum absolute atomic E-state index is 13.5. The number of carboxylic acids is 1. The van der Waals surface area contributed by atoms with Gasteiger partial charge < -0.3 is 10.2 Å². The molecule has 2 aromatic rings. The number of allylic oxidation sites excluding steroid dienone is 2. The molecule has 0 bridgehead atoms. The minimum atomic E-state index is -1.49. The fourth-order valence-electron chi connectivity index (χ4n) is 4.25. The summed E-state index contributed by atoms with van der Waals surface area (Å²) >= 11 is 11.0. The molecule has 8 heteroatoms. The fraction of sp³-hybridized carbons (Fsp3) is 0.304. The van der Waals surface area contributed by atoms with Crippen molar-refractivity contribution in [3.8, 4) is 0 Å². The zero-order chi connectivity index (χ0) is 22.9. The highest BCUT2D eigenvalue weighted by Gasteiger charge is 2.40. The van der Waals surface area contributed by atoms with E-state index in [1.54, 1.807) is 0 Å². The lowest BCUT2D eigenvalue weighted by molar-refractivity contribution is -0.142. The molecule has 4 nitrogen and oxygen atoms in total. The average Bonchev–Trinajstić information content (AvgIpc) is 3.17. The first-order valence-corrected chi connectivity index (χ1v) is 10.4. The van der Waals surface area contributed by atoms with Crippen LogP contribution in [0.1, 0.15) is 47.1 Å². The lowest BCUT2D eigenvalue weighted by Crippen LogP contribution is -2.26. The van der Waals surface area contributed by atoms with Gasteiger partial charge in [0.15, 0.2) is 0 Å². The number of aryl methyl sites for hydroxylation is 1. The molecule has 0 amide bonds. The van der Waals surface area contributed by atoms with Crippen molar-refractivity contribution < 1.29 is 28.6 Å². The van der Waals surface area contributed by atoms with Gasteiger partial charge in [-0.3, -0.25) is 9.59 Å². The molecule has 4 rings (SSSR count). The molecule has 0 radical (unpaired) electrons. The first-order chi connectivity index (χ1) is 14.5. The van der Waals surface area contributed by atoms with Gasteiger partial charge >= 0.3 is 5.97 Å².